The fourth-order valence-electron chi connectivity index (χ4n) is 2.03. The molecule has 1 unspecified atom stereocenters. The normalized spacial score (nSPS) is 13.9. The van der Waals surface area contributed by atoms with Gasteiger partial charge in [-0.25, -0.2) is 0 Å². The average Bonchev–Trinajstić information content (AvgIpc) is 2.48. The van der Waals surface area contributed by atoms with E-state index < -0.39 is 8.56 Å². The maximum Gasteiger partial charge on any atom is 0.369 e. The van der Waals surface area contributed by atoms with E-state index >= 15 is 0 Å². The topological polar surface area (TPSA) is 31.4 Å². The summed E-state index contributed by atoms with van der Waals surface area (Å²) in [4.78, 5) is 4.29. The molecule has 2 aromatic rings. The molecule has 1 aromatic heterocycles. The third-order valence-corrected chi connectivity index (χ3v) is 6.12. The average molecular weight is 287 g/mol. The van der Waals surface area contributed by atoms with Crippen LogP contribution in [-0.4, -0.2) is 20.2 Å². The van der Waals surface area contributed by atoms with Crippen LogP contribution in [0.25, 0.3) is 0 Å². The van der Waals surface area contributed by atoms with Crippen molar-refractivity contribution in [1.29, 1.82) is 0 Å². The highest BCUT2D eigenvalue weighted by molar-refractivity contribution is 6.79. The summed E-state index contributed by atoms with van der Waals surface area (Å²) < 4.78 is 12.1. The van der Waals surface area contributed by atoms with Gasteiger partial charge in [-0.1, -0.05) is 36.4 Å². The van der Waals surface area contributed by atoms with Crippen molar-refractivity contribution in [2.75, 3.05) is 6.61 Å². The lowest BCUT2D eigenvalue weighted by atomic mass is 10.3. The van der Waals surface area contributed by atoms with Gasteiger partial charge in [0.25, 0.3) is 0 Å². The molecule has 3 nitrogen and oxygen atoms in total. The summed E-state index contributed by atoms with van der Waals surface area (Å²) in [5, 5.41) is 1.15. The van der Waals surface area contributed by atoms with Crippen LogP contribution >= 0.6 is 0 Å². The van der Waals surface area contributed by atoms with Crippen LogP contribution in [0.2, 0.25) is 6.55 Å². The highest BCUT2D eigenvalue weighted by atomic mass is 28.4. The minimum Gasteiger partial charge on any atom is -0.391 e. The number of pyridine rings is 1. The van der Waals surface area contributed by atoms with Crippen molar-refractivity contribution in [3.05, 3.63) is 59.9 Å². The number of rotatable bonds is 6. The number of aryl methyl sites for hydroxylation is 1. The number of aromatic nitrogens is 1. The van der Waals surface area contributed by atoms with Crippen LogP contribution in [0.4, 0.5) is 0 Å². The molecule has 0 N–H and O–H groups in total. The van der Waals surface area contributed by atoms with Crippen molar-refractivity contribution in [3.8, 4) is 0 Å². The Morgan fingerprint density at radius 3 is 2.40 bits per heavy atom. The molecule has 4 heteroatoms. The van der Waals surface area contributed by atoms with E-state index in [4.69, 9.17) is 8.85 Å². The van der Waals surface area contributed by atoms with Gasteiger partial charge in [-0.05, 0) is 37.2 Å². The highest BCUT2D eigenvalue weighted by Gasteiger charge is 2.33. The Balaban J connectivity index is 2.11. The van der Waals surface area contributed by atoms with Crippen molar-refractivity contribution in [2.24, 2.45) is 0 Å². The third kappa shape index (κ3) is 3.76. The van der Waals surface area contributed by atoms with Crippen LogP contribution in [0, 0.1) is 6.92 Å². The van der Waals surface area contributed by atoms with E-state index in [1.54, 1.807) is 0 Å². The first-order chi connectivity index (χ1) is 9.64. The van der Waals surface area contributed by atoms with E-state index in [1.165, 1.54) is 0 Å². The predicted molar refractivity (Wildman–Crippen MR) is 83.1 cm³/mol. The lowest BCUT2D eigenvalue weighted by molar-refractivity contribution is 0.185. The monoisotopic (exact) mass is 287 g/mol. The Morgan fingerprint density at radius 1 is 1.05 bits per heavy atom. The molecule has 2 rings (SSSR count). The number of nitrogens with zero attached hydrogens (tertiary/aromatic N) is 1. The van der Waals surface area contributed by atoms with Gasteiger partial charge in [-0.2, -0.15) is 0 Å². The van der Waals surface area contributed by atoms with Crippen LogP contribution in [0.1, 0.15) is 18.2 Å². The van der Waals surface area contributed by atoms with Gasteiger partial charge in [0.15, 0.2) is 0 Å². The molecule has 0 aliphatic heterocycles. The van der Waals surface area contributed by atoms with Crippen molar-refractivity contribution in [1.82, 2.24) is 4.98 Å². The first-order valence-electron chi connectivity index (χ1n) is 6.89. The highest BCUT2D eigenvalue weighted by Crippen LogP contribution is 2.12. The maximum absolute atomic E-state index is 6.16. The smallest absolute Gasteiger partial charge is 0.369 e. The van der Waals surface area contributed by atoms with E-state index in [-0.39, 0.29) is 0 Å². The zero-order valence-corrected chi connectivity index (χ0v) is 13.3. The minimum atomic E-state index is -2.35. The van der Waals surface area contributed by atoms with Gasteiger partial charge in [0, 0.05) is 18.5 Å². The molecule has 1 aromatic carbocycles. The second-order valence-electron chi connectivity index (χ2n) is 4.84. The second kappa shape index (κ2) is 6.79. The lowest BCUT2D eigenvalue weighted by Gasteiger charge is -2.26. The maximum atomic E-state index is 6.16. The largest absolute Gasteiger partial charge is 0.391 e. The third-order valence-electron chi connectivity index (χ3n) is 3.20. The zero-order chi connectivity index (χ0) is 14.4. The first-order valence-corrected chi connectivity index (χ1v) is 9.20. The molecule has 1 heterocycles. The van der Waals surface area contributed by atoms with Gasteiger partial charge in [0.05, 0.1) is 6.61 Å². The molecule has 0 saturated carbocycles. The summed E-state index contributed by atoms with van der Waals surface area (Å²) >= 11 is 0. The fraction of sp³-hybridized carbons (Fsp3) is 0.312. The minimum absolute atomic E-state index is 0.533. The molecule has 0 bridgehead atoms. The van der Waals surface area contributed by atoms with Crippen molar-refractivity contribution >= 4 is 13.7 Å². The molecule has 0 fully saturated rings. The molecule has 0 amide bonds. The van der Waals surface area contributed by atoms with Crippen molar-refractivity contribution in [2.45, 2.75) is 27.0 Å². The van der Waals surface area contributed by atoms with Gasteiger partial charge in [0.1, 0.15) is 0 Å². The molecule has 0 spiro atoms. The number of hydrogen-bond donors (Lipinski definition) is 0. The summed E-state index contributed by atoms with van der Waals surface area (Å²) in [6.45, 7) is 7.26. The summed E-state index contributed by atoms with van der Waals surface area (Å²) in [6, 6.07) is 14.3. The van der Waals surface area contributed by atoms with E-state index in [0.717, 1.165) is 16.4 Å². The zero-order valence-electron chi connectivity index (χ0n) is 12.3. The molecular weight excluding hydrogens is 266 g/mol. The van der Waals surface area contributed by atoms with E-state index in [0.29, 0.717) is 13.2 Å². The Hall–Kier alpha value is -1.49. The Bertz CT molecular complexity index is 530. The van der Waals surface area contributed by atoms with E-state index in [2.05, 4.69) is 23.7 Å². The van der Waals surface area contributed by atoms with Crippen LogP contribution in [0.3, 0.4) is 0 Å². The molecule has 0 aliphatic rings. The van der Waals surface area contributed by atoms with Gasteiger partial charge in [-0.15, -0.1) is 0 Å². The Labute approximate surface area is 121 Å². The predicted octanol–water partition coefficient (Wildman–Crippen LogP) is 2.92. The Kier molecular flexibility index (Phi) is 5.06. The fourth-order valence-corrected chi connectivity index (χ4v) is 4.24. The quantitative estimate of drug-likeness (QED) is 0.766. The summed E-state index contributed by atoms with van der Waals surface area (Å²) in [6.07, 6.45) is 1.86. The molecule has 20 heavy (non-hydrogen) atoms. The standard InChI is InChI=1S/C16H21NO2Si/c1-4-18-20(3,16-8-6-5-7-9-16)19-13-15-11-10-14(2)17-12-15/h5-12H,4,13H2,1-3H3. The second-order valence-corrected chi connectivity index (χ2v) is 7.89. The molecular formula is C16H21NO2Si. The van der Waals surface area contributed by atoms with E-state index in [1.807, 2.05) is 50.4 Å². The van der Waals surface area contributed by atoms with Gasteiger partial charge >= 0.3 is 8.56 Å². The molecule has 106 valence electrons. The first kappa shape index (κ1) is 14.9. The molecule has 0 saturated heterocycles. The number of benzene rings is 1. The lowest BCUT2D eigenvalue weighted by Crippen LogP contribution is -2.50. The van der Waals surface area contributed by atoms with Gasteiger partial charge < -0.3 is 8.85 Å². The Morgan fingerprint density at radius 2 is 1.80 bits per heavy atom. The summed E-state index contributed by atoms with van der Waals surface area (Å²) in [7, 11) is -2.35. The van der Waals surface area contributed by atoms with Crippen LogP contribution in [0.5, 0.6) is 0 Å². The van der Waals surface area contributed by atoms with Crippen LogP contribution in [0.15, 0.2) is 48.7 Å². The summed E-state index contributed by atoms with van der Waals surface area (Å²) in [5.74, 6) is 0. The van der Waals surface area contributed by atoms with Crippen molar-refractivity contribution in [3.63, 3.8) is 0 Å². The number of hydrogen-bond acceptors (Lipinski definition) is 3. The van der Waals surface area contributed by atoms with Crippen molar-refractivity contribution < 1.29 is 8.85 Å². The van der Waals surface area contributed by atoms with Gasteiger partial charge in [-0.3, -0.25) is 4.98 Å². The van der Waals surface area contributed by atoms with Gasteiger partial charge in [0.2, 0.25) is 0 Å². The molecule has 1 atom stereocenters. The molecule has 0 aliphatic carbocycles. The summed E-state index contributed by atoms with van der Waals surface area (Å²) in [5.41, 5.74) is 2.09. The van der Waals surface area contributed by atoms with Crippen LogP contribution < -0.4 is 5.19 Å². The van der Waals surface area contributed by atoms with Crippen LogP contribution in [-0.2, 0) is 15.5 Å². The van der Waals surface area contributed by atoms with E-state index in [9.17, 15) is 0 Å². The SMILES string of the molecule is CCO[Si](C)(OCc1ccc(C)nc1)c1ccccc1. The molecule has 0 radical (unpaired) electrons.